The first-order valence-electron chi connectivity index (χ1n) is 18.7. The lowest BCUT2D eigenvalue weighted by atomic mass is 9.68. The van der Waals surface area contributed by atoms with Crippen molar-refractivity contribution in [2.24, 2.45) is 5.41 Å². The molecule has 56 heavy (non-hydrogen) atoms. The van der Waals surface area contributed by atoms with E-state index in [1.54, 1.807) is 85.3 Å². The van der Waals surface area contributed by atoms with Crippen LogP contribution in [0.4, 0.5) is 0 Å². The Balaban J connectivity index is 0.000000147. The number of Topliss-reactive ketones (excluding diaryl/α,β-unsaturated/α-hetero) is 6. The van der Waals surface area contributed by atoms with E-state index in [-0.39, 0.29) is 51.4 Å². The van der Waals surface area contributed by atoms with Gasteiger partial charge < -0.3 is 10.1 Å². The van der Waals surface area contributed by atoms with Crippen molar-refractivity contribution in [3.05, 3.63) is 176 Å². The molecule has 10 rings (SSSR count). The number of nitrogens with one attached hydrogen (secondary N) is 1. The third-order valence-electron chi connectivity index (χ3n) is 11.3. The van der Waals surface area contributed by atoms with Crippen molar-refractivity contribution in [1.82, 2.24) is 15.3 Å². The fourth-order valence-electron chi connectivity index (χ4n) is 8.83. The number of carbonyl (C=O) groups is 6. The minimum absolute atomic E-state index is 0.0308. The summed E-state index contributed by atoms with van der Waals surface area (Å²) in [6.45, 7) is 4.00. The Hall–Kier alpha value is -6.68. The predicted molar refractivity (Wildman–Crippen MR) is 203 cm³/mol. The van der Waals surface area contributed by atoms with Crippen molar-refractivity contribution in [2.45, 2.75) is 57.8 Å². The van der Waals surface area contributed by atoms with Gasteiger partial charge in [-0.15, -0.1) is 0 Å². The lowest BCUT2D eigenvalue weighted by molar-refractivity contribution is -0.119. The molecule has 10 heteroatoms. The topological polar surface area (TPSA) is 149 Å². The number of hydrogen-bond donors (Lipinski definition) is 1. The highest BCUT2D eigenvalue weighted by atomic mass is 16.5. The van der Waals surface area contributed by atoms with E-state index in [0.29, 0.717) is 81.8 Å². The van der Waals surface area contributed by atoms with Crippen LogP contribution in [-0.2, 0) is 14.3 Å². The quantitative estimate of drug-likeness (QED) is 0.222. The molecule has 2 unspecified atom stereocenters. The van der Waals surface area contributed by atoms with E-state index in [2.05, 4.69) is 15.3 Å². The summed E-state index contributed by atoms with van der Waals surface area (Å²) in [5.41, 5.74) is 5.25. The standard InChI is InChI=1S/C24H19NO4.C22H16N2O3/c1-24(2)11-16(26)19-17(12-24)29-23-20(18(19)15-9-5-6-10-25-15)21(27)13-7-3-4-8-14(13)22(23)28;25-16-9-3-8-15-18(16)17(12-5-4-10-23-11-12)19-20(24-15)22(27)14-7-2-1-6-13(14)21(19)26/h3-10,18H,11-12H2,1-2H3;1-2,4-7,10-11,17,24H,3,8-9H2. The molecule has 4 aromatic rings. The second kappa shape index (κ2) is 13.3. The SMILES string of the molecule is CC1(C)CC(=O)C2=C(C1)OC1=C(C(=O)c3ccccc3C1=O)C2c1ccccn1.O=C1CCCC2=C1C(c1cccnc1)C1=C(N2)C(=O)c2ccccc2C1=O. The average Bonchev–Trinajstić information content (AvgIpc) is 3.21. The number of carbonyl (C=O) groups excluding carboxylic acids is 6. The van der Waals surface area contributed by atoms with Gasteiger partial charge in [0.25, 0.3) is 0 Å². The number of aromatic nitrogens is 2. The van der Waals surface area contributed by atoms with Gasteiger partial charge in [-0.2, -0.15) is 0 Å². The number of ether oxygens (including phenoxy) is 1. The van der Waals surface area contributed by atoms with E-state index < -0.39 is 11.8 Å². The summed E-state index contributed by atoms with van der Waals surface area (Å²) in [5, 5.41) is 3.16. The Morgan fingerprint density at radius 2 is 1.29 bits per heavy atom. The second-order valence-corrected chi connectivity index (χ2v) is 15.5. The third-order valence-corrected chi connectivity index (χ3v) is 11.3. The molecule has 0 amide bonds. The normalized spacial score (nSPS) is 22.1. The Morgan fingerprint density at radius 1 is 0.625 bits per heavy atom. The van der Waals surface area contributed by atoms with E-state index in [9.17, 15) is 28.8 Å². The second-order valence-electron chi connectivity index (χ2n) is 15.5. The summed E-state index contributed by atoms with van der Waals surface area (Å²) >= 11 is 0. The highest BCUT2D eigenvalue weighted by Crippen LogP contribution is 2.51. The molecule has 0 saturated heterocycles. The van der Waals surface area contributed by atoms with Crippen LogP contribution >= 0.6 is 0 Å². The van der Waals surface area contributed by atoms with Gasteiger partial charge in [0.2, 0.25) is 11.6 Å². The van der Waals surface area contributed by atoms with Gasteiger partial charge in [-0.05, 0) is 42.0 Å². The molecule has 0 bridgehead atoms. The fraction of sp³-hybridized carbons (Fsp3) is 0.217. The lowest BCUT2D eigenvalue weighted by Gasteiger charge is -2.39. The number of benzene rings is 2. The van der Waals surface area contributed by atoms with Crippen LogP contribution in [0.1, 0.15) is 110 Å². The van der Waals surface area contributed by atoms with Crippen LogP contribution in [-0.4, -0.2) is 44.7 Å². The molecular weight excluding hydrogens is 707 g/mol. The van der Waals surface area contributed by atoms with E-state index >= 15 is 0 Å². The minimum Gasteiger partial charge on any atom is -0.457 e. The first kappa shape index (κ1) is 35.0. The molecule has 0 fully saturated rings. The molecule has 1 N–H and O–H groups in total. The molecule has 0 saturated carbocycles. The van der Waals surface area contributed by atoms with Crippen molar-refractivity contribution in [1.29, 1.82) is 0 Å². The third kappa shape index (κ3) is 5.54. The zero-order valence-corrected chi connectivity index (χ0v) is 30.7. The number of rotatable bonds is 2. The zero-order valence-electron chi connectivity index (χ0n) is 30.7. The molecule has 6 aliphatic rings. The molecule has 0 spiro atoms. The first-order chi connectivity index (χ1) is 27.0. The highest BCUT2D eigenvalue weighted by Gasteiger charge is 2.49. The molecule has 2 aromatic carbocycles. The van der Waals surface area contributed by atoms with Gasteiger partial charge in [0.1, 0.15) is 5.76 Å². The van der Waals surface area contributed by atoms with Gasteiger partial charge in [-0.25, -0.2) is 0 Å². The number of hydrogen-bond acceptors (Lipinski definition) is 10. The van der Waals surface area contributed by atoms with E-state index in [0.717, 1.165) is 17.7 Å². The number of ketones is 6. The van der Waals surface area contributed by atoms with Crippen LogP contribution in [0.25, 0.3) is 0 Å². The Bertz CT molecular complexity index is 2590. The molecule has 4 aliphatic carbocycles. The number of pyridine rings is 2. The van der Waals surface area contributed by atoms with Crippen molar-refractivity contribution >= 4 is 34.7 Å². The molecule has 276 valence electrons. The average molecular weight is 742 g/mol. The summed E-state index contributed by atoms with van der Waals surface area (Å²) in [7, 11) is 0. The highest BCUT2D eigenvalue weighted by molar-refractivity contribution is 6.29. The van der Waals surface area contributed by atoms with Crippen LogP contribution in [0.5, 0.6) is 0 Å². The lowest BCUT2D eigenvalue weighted by Crippen LogP contribution is -2.40. The van der Waals surface area contributed by atoms with E-state index in [1.807, 2.05) is 26.0 Å². The number of nitrogens with zero attached hydrogens (tertiary/aromatic N) is 2. The first-order valence-corrected chi connectivity index (χ1v) is 18.7. The maximum absolute atomic E-state index is 13.4. The molecule has 10 nitrogen and oxygen atoms in total. The fourth-order valence-corrected chi connectivity index (χ4v) is 8.83. The van der Waals surface area contributed by atoms with Gasteiger partial charge in [0.15, 0.2) is 28.9 Å². The van der Waals surface area contributed by atoms with Crippen LogP contribution < -0.4 is 5.32 Å². The van der Waals surface area contributed by atoms with Crippen LogP contribution in [0, 0.1) is 5.41 Å². The van der Waals surface area contributed by atoms with Gasteiger partial charge in [-0.3, -0.25) is 38.7 Å². The van der Waals surface area contributed by atoms with Crippen molar-refractivity contribution < 1.29 is 33.5 Å². The number of allylic oxidation sites excluding steroid dienone is 8. The van der Waals surface area contributed by atoms with Crippen molar-refractivity contribution in [3.8, 4) is 0 Å². The monoisotopic (exact) mass is 741 g/mol. The largest absolute Gasteiger partial charge is 0.457 e. The van der Waals surface area contributed by atoms with Gasteiger partial charge in [0, 0.05) is 88.4 Å². The Kier molecular flexibility index (Phi) is 8.30. The van der Waals surface area contributed by atoms with E-state index in [4.69, 9.17) is 4.74 Å². The van der Waals surface area contributed by atoms with Gasteiger partial charge in [-0.1, -0.05) is 74.5 Å². The summed E-state index contributed by atoms with van der Waals surface area (Å²) in [5.74, 6) is -1.75. The molecule has 2 aromatic heterocycles. The molecule has 4 heterocycles. The zero-order chi connectivity index (χ0) is 38.9. The summed E-state index contributed by atoms with van der Waals surface area (Å²) in [4.78, 5) is 87.7. The Labute approximate surface area is 322 Å². The van der Waals surface area contributed by atoms with Crippen LogP contribution in [0.3, 0.4) is 0 Å². The molecule has 2 aliphatic heterocycles. The van der Waals surface area contributed by atoms with Crippen LogP contribution in [0.15, 0.2) is 143 Å². The summed E-state index contributed by atoms with van der Waals surface area (Å²) in [6, 6.07) is 22.6. The predicted octanol–water partition coefficient (Wildman–Crippen LogP) is 7.28. The smallest absolute Gasteiger partial charge is 0.229 e. The molecule has 0 radical (unpaired) electrons. The maximum atomic E-state index is 13.4. The molecular formula is C46H35N3O7. The van der Waals surface area contributed by atoms with Crippen LogP contribution in [0.2, 0.25) is 0 Å². The summed E-state index contributed by atoms with van der Waals surface area (Å²) < 4.78 is 6.03. The van der Waals surface area contributed by atoms with Crippen molar-refractivity contribution in [3.63, 3.8) is 0 Å². The van der Waals surface area contributed by atoms with Gasteiger partial charge >= 0.3 is 0 Å². The van der Waals surface area contributed by atoms with Gasteiger partial charge in [0.05, 0.1) is 22.9 Å². The summed E-state index contributed by atoms with van der Waals surface area (Å²) in [6.07, 6.45) is 7.73. The Morgan fingerprint density at radius 3 is 1.95 bits per heavy atom. The molecule has 2 atom stereocenters. The minimum atomic E-state index is -0.691. The van der Waals surface area contributed by atoms with E-state index in [1.165, 1.54) is 0 Å². The number of dihydropyridines is 1. The van der Waals surface area contributed by atoms with Crippen molar-refractivity contribution in [2.75, 3.05) is 0 Å². The maximum Gasteiger partial charge on any atom is 0.229 e. The number of fused-ring (bicyclic) bond motifs is 2.